The fourth-order valence-electron chi connectivity index (χ4n) is 3.48. The molecule has 4 aromatic rings. The van der Waals surface area contributed by atoms with Crippen molar-refractivity contribution in [3.05, 3.63) is 102 Å². The molecule has 2 aromatic heterocycles. The van der Waals surface area contributed by atoms with Gasteiger partial charge in [-0.1, -0.05) is 24.3 Å². The molecule has 0 saturated heterocycles. The molecule has 1 unspecified atom stereocenters. The Balaban J connectivity index is 1.48. The summed E-state index contributed by atoms with van der Waals surface area (Å²) in [6.07, 6.45) is -1.45. The number of amides is 1. The molecule has 0 saturated carbocycles. The molecule has 4 rings (SSSR count). The molecule has 0 fully saturated rings. The van der Waals surface area contributed by atoms with Gasteiger partial charge in [-0.25, -0.2) is 4.68 Å². The van der Waals surface area contributed by atoms with E-state index in [1.165, 1.54) is 30.1 Å². The number of hydrogen-bond acceptors (Lipinski definition) is 5. The second kappa shape index (κ2) is 10.5. The number of carbonyl (C=O) groups is 1. The van der Waals surface area contributed by atoms with Gasteiger partial charge >= 0.3 is 6.18 Å². The van der Waals surface area contributed by atoms with E-state index in [1.807, 2.05) is 36.4 Å². The number of benzene rings is 2. The van der Waals surface area contributed by atoms with Crippen molar-refractivity contribution >= 4 is 5.91 Å². The van der Waals surface area contributed by atoms with Crippen LogP contribution in [0.15, 0.2) is 79.1 Å². The predicted molar refractivity (Wildman–Crippen MR) is 126 cm³/mol. The van der Waals surface area contributed by atoms with Gasteiger partial charge in [-0.2, -0.15) is 18.3 Å². The molecule has 0 bridgehead atoms. The highest BCUT2D eigenvalue weighted by Crippen LogP contribution is 2.31. The van der Waals surface area contributed by atoms with E-state index in [0.29, 0.717) is 12.4 Å². The molecule has 10 heteroatoms. The van der Waals surface area contributed by atoms with Gasteiger partial charge in [0.2, 0.25) is 0 Å². The Labute approximate surface area is 205 Å². The number of ether oxygens (including phenoxy) is 2. The summed E-state index contributed by atoms with van der Waals surface area (Å²) in [6, 6.07) is 17.1. The summed E-state index contributed by atoms with van der Waals surface area (Å²) in [5.74, 6) is 0.208. The van der Waals surface area contributed by atoms with E-state index in [4.69, 9.17) is 9.47 Å². The second-order valence-corrected chi connectivity index (χ2v) is 7.92. The molecule has 1 atom stereocenters. The average molecular weight is 496 g/mol. The monoisotopic (exact) mass is 496 g/mol. The average Bonchev–Trinajstić information content (AvgIpc) is 3.33. The Hall–Kier alpha value is -4.34. The van der Waals surface area contributed by atoms with E-state index in [-0.39, 0.29) is 17.1 Å². The van der Waals surface area contributed by atoms with E-state index >= 15 is 0 Å². The summed E-state index contributed by atoms with van der Waals surface area (Å²) in [5.41, 5.74) is 0.849. The zero-order chi connectivity index (χ0) is 25.7. The van der Waals surface area contributed by atoms with Gasteiger partial charge in [0.15, 0.2) is 11.4 Å². The maximum absolute atomic E-state index is 13.1. The van der Waals surface area contributed by atoms with E-state index in [1.54, 1.807) is 19.2 Å². The number of nitrogens with one attached hydrogen (secondary N) is 1. The second-order valence-electron chi connectivity index (χ2n) is 7.92. The van der Waals surface area contributed by atoms with Crippen LogP contribution in [-0.4, -0.2) is 27.8 Å². The standard InChI is InChI=1S/C26H23F3N4O3/c1-17(18-7-5-11-22(13-18)36-16-20-9-3-4-12-30-20)31-25(34)24-23(35-2)15-33(32-24)21-10-6-8-19(14-21)26(27,28)29/h3-15,17H,16H2,1-2H3,(H,31,34). The van der Waals surface area contributed by atoms with Crippen LogP contribution in [0.3, 0.4) is 0 Å². The lowest BCUT2D eigenvalue weighted by Gasteiger charge is -2.15. The zero-order valence-corrected chi connectivity index (χ0v) is 19.5. The van der Waals surface area contributed by atoms with Gasteiger partial charge < -0.3 is 14.8 Å². The first-order valence-corrected chi connectivity index (χ1v) is 11.0. The molecule has 36 heavy (non-hydrogen) atoms. The number of methoxy groups -OCH3 is 1. The molecule has 2 heterocycles. The van der Waals surface area contributed by atoms with E-state index in [0.717, 1.165) is 23.4 Å². The van der Waals surface area contributed by atoms with Crippen LogP contribution in [0.2, 0.25) is 0 Å². The third-order valence-electron chi connectivity index (χ3n) is 5.37. The number of halogens is 3. The quantitative estimate of drug-likeness (QED) is 0.355. The van der Waals surface area contributed by atoms with E-state index < -0.39 is 23.7 Å². The summed E-state index contributed by atoms with van der Waals surface area (Å²) in [5, 5.41) is 7.03. The van der Waals surface area contributed by atoms with Crippen LogP contribution in [0, 0.1) is 0 Å². The van der Waals surface area contributed by atoms with E-state index in [9.17, 15) is 18.0 Å². The van der Waals surface area contributed by atoms with Crippen LogP contribution in [0.5, 0.6) is 11.5 Å². The first-order chi connectivity index (χ1) is 17.2. The highest BCUT2D eigenvalue weighted by molar-refractivity contribution is 5.95. The zero-order valence-electron chi connectivity index (χ0n) is 19.5. The third kappa shape index (κ3) is 5.83. The highest BCUT2D eigenvalue weighted by atomic mass is 19.4. The third-order valence-corrected chi connectivity index (χ3v) is 5.37. The van der Waals surface area contributed by atoms with Crippen LogP contribution in [0.25, 0.3) is 5.69 Å². The molecular formula is C26H23F3N4O3. The molecule has 0 aliphatic rings. The molecular weight excluding hydrogens is 473 g/mol. The Kier molecular flexibility index (Phi) is 7.23. The normalized spacial score (nSPS) is 12.1. The minimum Gasteiger partial charge on any atom is -0.493 e. The van der Waals surface area contributed by atoms with Gasteiger partial charge in [-0.3, -0.25) is 9.78 Å². The summed E-state index contributed by atoms with van der Waals surface area (Å²) in [7, 11) is 1.36. The molecule has 186 valence electrons. The summed E-state index contributed by atoms with van der Waals surface area (Å²) in [6.45, 7) is 2.10. The molecule has 1 amide bonds. The van der Waals surface area contributed by atoms with Crippen LogP contribution in [0.1, 0.15) is 40.3 Å². The number of hydrogen-bond donors (Lipinski definition) is 1. The Morgan fingerprint density at radius 3 is 2.61 bits per heavy atom. The Morgan fingerprint density at radius 2 is 1.89 bits per heavy atom. The molecule has 0 aliphatic carbocycles. The highest BCUT2D eigenvalue weighted by Gasteiger charge is 2.31. The van der Waals surface area contributed by atoms with Crippen molar-refractivity contribution < 1.29 is 27.4 Å². The fourth-order valence-corrected chi connectivity index (χ4v) is 3.48. The van der Waals surface area contributed by atoms with Crippen molar-refractivity contribution in [2.75, 3.05) is 7.11 Å². The van der Waals surface area contributed by atoms with Crippen molar-refractivity contribution in [1.29, 1.82) is 0 Å². The molecule has 0 radical (unpaired) electrons. The van der Waals surface area contributed by atoms with Crippen molar-refractivity contribution in [2.45, 2.75) is 25.7 Å². The Morgan fingerprint density at radius 1 is 1.08 bits per heavy atom. The molecule has 0 aliphatic heterocycles. The largest absolute Gasteiger partial charge is 0.493 e. The van der Waals surface area contributed by atoms with Gasteiger partial charge in [0.05, 0.1) is 36.3 Å². The minimum absolute atomic E-state index is 0.0516. The van der Waals surface area contributed by atoms with Crippen LogP contribution in [-0.2, 0) is 12.8 Å². The lowest BCUT2D eigenvalue weighted by molar-refractivity contribution is -0.137. The van der Waals surface area contributed by atoms with Gasteiger partial charge in [0.1, 0.15) is 12.4 Å². The number of aromatic nitrogens is 3. The van der Waals surface area contributed by atoms with Gasteiger partial charge in [0.25, 0.3) is 5.91 Å². The lowest BCUT2D eigenvalue weighted by Crippen LogP contribution is -2.27. The lowest BCUT2D eigenvalue weighted by atomic mass is 10.1. The SMILES string of the molecule is COc1cn(-c2cccc(C(F)(F)F)c2)nc1C(=O)NC(C)c1cccc(OCc2ccccn2)c1. The van der Waals surface area contributed by atoms with Crippen LogP contribution in [0.4, 0.5) is 13.2 Å². The van der Waals surface area contributed by atoms with Crippen molar-refractivity contribution in [2.24, 2.45) is 0 Å². The topological polar surface area (TPSA) is 78.3 Å². The predicted octanol–water partition coefficient (Wildman–Crippen LogP) is 5.36. The maximum atomic E-state index is 13.1. The van der Waals surface area contributed by atoms with Crippen molar-refractivity contribution in [3.63, 3.8) is 0 Å². The summed E-state index contributed by atoms with van der Waals surface area (Å²) >= 11 is 0. The number of alkyl halides is 3. The molecule has 0 spiro atoms. The molecule has 2 aromatic carbocycles. The summed E-state index contributed by atoms with van der Waals surface area (Å²) < 4.78 is 51.5. The number of carbonyl (C=O) groups excluding carboxylic acids is 1. The maximum Gasteiger partial charge on any atom is 0.416 e. The first kappa shape index (κ1) is 24.8. The van der Waals surface area contributed by atoms with Gasteiger partial charge in [-0.05, 0) is 55.0 Å². The van der Waals surface area contributed by atoms with E-state index in [2.05, 4.69) is 15.4 Å². The van der Waals surface area contributed by atoms with Gasteiger partial charge in [-0.15, -0.1) is 0 Å². The van der Waals surface area contributed by atoms with Gasteiger partial charge in [0, 0.05) is 6.20 Å². The van der Waals surface area contributed by atoms with Crippen LogP contribution < -0.4 is 14.8 Å². The minimum atomic E-state index is -4.50. The fraction of sp³-hybridized carbons (Fsp3) is 0.192. The van der Waals surface area contributed by atoms with Crippen molar-refractivity contribution in [1.82, 2.24) is 20.1 Å². The Bertz CT molecular complexity index is 1340. The van der Waals surface area contributed by atoms with Crippen LogP contribution >= 0.6 is 0 Å². The first-order valence-electron chi connectivity index (χ1n) is 11.0. The smallest absolute Gasteiger partial charge is 0.416 e. The van der Waals surface area contributed by atoms with Crippen molar-refractivity contribution in [3.8, 4) is 17.2 Å². The number of rotatable bonds is 8. The number of pyridine rings is 1. The summed E-state index contributed by atoms with van der Waals surface area (Å²) in [4.78, 5) is 17.2. The molecule has 7 nitrogen and oxygen atoms in total. The molecule has 1 N–H and O–H groups in total. The number of nitrogens with zero attached hydrogens (tertiary/aromatic N) is 3.